The van der Waals surface area contributed by atoms with Crippen molar-refractivity contribution in [3.05, 3.63) is 29.8 Å². The van der Waals surface area contributed by atoms with E-state index in [0.717, 1.165) is 38.1 Å². The topological polar surface area (TPSA) is 18.5 Å². The first-order chi connectivity index (χ1) is 7.74. The molecule has 0 aliphatic rings. The van der Waals surface area contributed by atoms with Gasteiger partial charge in [-0.2, -0.15) is 0 Å². The van der Waals surface area contributed by atoms with Gasteiger partial charge >= 0.3 is 114 Å². The summed E-state index contributed by atoms with van der Waals surface area (Å²) < 4.78 is 12.2. The van der Waals surface area contributed by atoms with Crippen LogP contribution in [0.2, 0.25) is 3.98 Å². The average molecular weight is 412 g/mol. The summed E-state index contributed by atoms with van der Waals surface area (Å²) in [6, 6.07) is 8.31. The predicted molar refractivity (Wildman–Crippen MR) is 67.4 cm³/mol. The summed E-state index contributed by atoms with van der Waals surface area (Å²) in [5, 5.41) is 0. The van der Waals surface area contributed by atoms with Crippen LogP contribution in [-0.2, 0) is 4.74 Å². The SMILES string of the molecule is CC(C)c1ccc(OCCOC[CH2][Tl])cc1. The molecule has 0 unspecified atom stereocenters. The fourth-order valence-electron chi connectivity index (χ4n) is 1.35. The molecule has 0 bridgehead atoms. The maximum absolute atomic E-state index is 5.58. The van der Waals surface area contributed by atoms with Crippen molar-refractivity contribution in [3.63, 3.8) is 0 Å². The van der Waals surface area contributed by atoms with E-state index in [1.54, 1.807) is 0 Å². The van der Waals surface area contributed by atoms with E-state index >= 15 is 0 Å². The minimum atomic E-state index is 0.576. The summed E-state index contributed by atoms with van der Waals surface area (Å²) in [5.41, 5.74) is 1.35. The zero-order valence-electron chi connectivity index (χ0n) is 10.1. The van der Waals surface area contributed by atoms with E-state index in [1.165, 1.54) is 9.54 Å². The summed E-state index contributed by atoms with van der Waals surface area (Å²) in [4.78, 5) is 0. The van der Waals surface area contributed by atoms with Crippen molar-refractivity contribution >= 4 is 25.8 Å². The number of ether oxygens (including phenoxy) is 2. The van der Waals surface area contributed by atoms with Crippen molar-refractivity contribution in [1.82, 2.24) is 0 Å². The van der Waals surface area contributed by atoms with E-state index < -0.39 is 0 Å². The number of rotatable bonds is 7. The van der Waals surface area contributed by atoms with Crippen LogP contribution in [0.25, 0.3) is 0 Å². The molecular weight excluding hydrogens is 393 g/mol. The van der Waals surface area contributed by atoms with E-state index in [9.17, 15) is 0 Å². The molecule has 0 aromatic heterocycles. The molecule has 3 heteroatoms. The van der Waals surface area contributed by atoms with Crippen LogP contribution in [0.5, 0.6) is 5.75 Å². The molecule has 0 saturated carbocycles. The van der Waals surface area contributed by atoms with Gasteiger partial charge in [-0.05, 0) is 0 Å². The third-order valence-corrected chi connectivity index (χ3v) is 3.22. The van der Waals surface area contributed by atoms with Crippen molar-refractivity contribution in [2.75, 3.05) is 19.8 Å². The van der Waals surface area contributed by atoms with Crippen LogP contribution in [0, 0.1) is 0 Å². The molecule has 0 atom stereocenters. The molecule has 0 spiro atoms. The Morgan fingerprint density at radius 2 is 1.75 bits per heavy atom. The Hall–Kier alpha value is -0.0979. The van der Waals surface area contributed by atoms with Crippen molar-refractivity contribution in [3.8, 4) is 5.75 Å². The number of benzene rings is 1. The molecule has 86 valence electrons. The Kier molecular flexibility index (Phi) is 7.04. The first kappa shape index (κ1) is 14.0. The number of hydrogen-bond acceptors (Lipinski definition) is 2. The van der Waals surface area contributed by atoms with Gasteiger partial charge in [0.05, 0.1) is 0 Å². The Labute approximate surface area is 114 Å². The molecule has 1 rings (SSSR count). The minimum absolute atomic E-state index is 0.576. The molecule has 0 aliphatic carbocycles. The quantitative estimate of drug-likeness (QED) is 0.507. The summed E-state index contributed by atoms with van der Waals surface area (Å²) >= 11 is 1.04. The van der Waals surface area contributed by atoms with Crippen LogP contribution in [0.3, 0.4) is 0 Å². The monoisotopic (exact) mass is 412 g/mol. The second-order valence-electron chi connectivity index (χ2n) is 3.97. The van der Waals surface area contributed by atoms with Crippen molar-refractivity contribution in [1.29, 1.82) is 0 Å². The standard InChI is InChI=1S/C13H19O2.Tl/c1-4-14-9-10-15-13-7-5-12(6-8-13)11(2)3;/h5-8,11H,1,4,9-10H2,2-3H3;. The normalized spacial score (nSPS) is 10.6. The molecule has 0 N–H and O–H groups in total. The first-order valence-electron chi connectivity index (χ1n) is 5.74. The molecule has 0 saturated heterocycles. The third-order valence-electron chi connectivity index (χ3n) is 2.31. The summed E-state index contributed by atoms with van der Waals surface area (Å²) in [7, 11) is 0. The second kappa shape index (κ2) is 8.06. The van der Waals surface area contributed by atoms with Gasteiger partial charge in [0.2, 0.25) is 0 Å². The molecule has 0 aliphatic heterocycles. The fraction of sp³-hybridized carbons (Fsp3) is 0.538. The van der Waals surface area contributed by atoms with E-state index in [1.807, 2.05) is 12.1 Å². The number of hydrogen-bond donors (Lipinski definition) is 0. The molecule has 2 nitrogen and oxygen atoms in total. The third kappa shape index (κ3) is 5.30. The average Bonchev–Trinajstić information content (AvgIpc) is 2.29. The van der Waals surface area contributed by atoms with Gasteiger partial charge in [-0.15, -0.1) is 0 Å². The van der Waals surface area contributed by atoms with Crippen LogP contribution in [0.15, 0.2) is 24.3 Å². The summed E-state index contributed by atoms with van der Waals surface area (Å²) in [6.45, 7) is 6.61. The van der Waals surface area contributed by atoms with Gasteiger partial charge in [0, 0.05) is 0 Å². The Morgan fingerprint density at radius 3 is 2.31 bits per heavy atom. The van der Waals surface area contributed by atoms with Gasteiger partial charge in [-0.3, -0.25) is 0 Å². The van der Waals surface area contributed by atoms with E-state index in [0.29, 0.717) is 19.1 Å². The molecule has 1 aromatic carbocycles. The van der Waals surface area contributed by atoms with Crippen molar-refractivity contribution in [2.45, 2.75) is 23.7 Å². The predicted octanol–water partition coefficient (Wildman–Crippen LogP) is 2.79. The first-order valence-corrected chi connectivity index (χ1v) is 8.92. The fourth-order valence-corrected chi connectivity index (χ4v) is 2.00. The van der Waals surface area contributed by atoms with Crippen LogP contribution in [-0.4, -0.2) is 45.6 Å². The molecular formula is C13H19O2Tl. The van der Waals surface area contributed by atoms with Gasteiger partial charge in [-0.25, -0.2) is 0 Å². The van der Waals surface area contributed by atoms with Gasteiger partial charge in [0.1, 0.15) is 0 Å². The van der Waals surface area contributed by atoms with Gasteiger partial charge in [0.15, 0.2) is 0 Å². The van der Waals surface area contributed by atoms with E-state index in [2.05, 4.69) is 26.0 Å². The Bertz CT molecular complexity index is 282. The zero-order valence-corrected chi connectivity index (χ0v) is 14.6. The Balaban J connectivity index is 2.27. The van der Waals surface area contributed by atoms with Crippen LogP contribution < -0.4 is 4.74 Å². The molecule has 0 heterocycles. The maximum atomic E-state index is 5.58. The second-order valence-corrected chi connectivity index (χ2v) is 6.22. The van der Waals surface area contributed by atoms with E-state index in [4.69, 9.17) is 9.47 Å². The molecule has 1 aromatic rings. The van der Waals surface area contributed by atoms with Gasteiger partial charge < -0.3 is 0 Å². The Morgan fingerprint density at radius 1 is 1.06 bits per heavy atom. The van der Waals surface area contributed by atoms with Crippen LogP contribution >= 0.6 is 0 Å². The van der Waals surface area contributed by atoms with Crippen molar-refractivity contribution < 1.29 is 9.47 Å². The summed E-state index contributed by atoms with van der Waals surface area (Å²) in [6.07, 6.45) is 0. The van der Waals surface area contributed by atoms with E-state index in [-0.39, 0.29) is 0 Å². The van der Waals surface area contributed by atoms with Crippen LogP contribution in [0.1, 0.15) is 25.3 Å². The zero-order chi connectivity index (χ0) is 11.8. The molecule has 0 fully saturated rings. The molecule has 16 heavy (non-hydrogen) atoms. The molecule has 0 amide bonds. The van der Waals surface area contributed by atoms with Gasteiger partial charge in [-0.1, -0.05) is 0 Å². The van der Waals surface area contributed by atoms with Crippen LogP contribution in [0.4, 0.5) is 0 Å². The van der Waals surface area contributed by atoms with Gasteiger partial charge in [0.25, 0.3) is 0 Å². The molecule has 0 radical (unpaired) electrons. The van der Waals surface area contributed by atoms with Crippen molar-refractivity contribution in [2.24, 2.45) is 0 Å². The summed E-state index contributed by atoms with van der Waals surface area (Å²) in [5.74, 6) is 1.51.